The number of Topliss-reactive ketones (excluding diaryl/α,β-unsaturated/α-hetero) is 1. The molecule has 1 aromatic rings. The number of aliphatic hydroxyl groups excluding tert-OH is 1. The zero-order valence-electron chi connectivity index (χ0n) is 10.4. The highest BCUT2D eigenvalue weighted by Gasteiger charge is 2.16. The highest BCUT2D eigenvalue weighted by molar-refractivity contribution is 5.94. The molecule has 17 heavy (non-hydrogen) atoms. The lowest BCUT2D eigenvalue weighted by Crippen LogP contribution is -2.26. The summed E-state index contributed by atoms with van der Waals surface area (Å²) in [7, 11) is 0. The van der Waals surface area contributed by atoms with E-state index >= 15 is 0 Å². The van der Waals surface area contributed by atoms with Gasteiger partial charge >= 0.3 is 0 Å². The summed E-state index contributed by atoms with van der Waals surface area (Å²) >= 11 is 0. The van der Waals surface area contributed by atoms with Gasteiger partial charge in [0.15, 0.2) is 5.78 Å². The third-order valence-electron chi connectivity index (χ3n) is 2.50. The average Bonchev–Trinajstić information content (AvgIpc) is 2.26. The van der Waals surface area contributed by atoms with Gasteiger partial charge in [-0.3, -0.25) is 4.79 Å². The second kappa shape index (κ2) is 5.27. The van der Waals surface area contributed by atoms with Crippen molar-refractivity contribution in [2.75, 3.05) is 18.5 Å². The molecule has 0 saturated heterocycles. The molecule has 1 aromatic carbocycles. The van der Waals surface area contributed by atoms with E-state index in [9.17, 15) is 9.18 Å². The largest absolute Gasteiger partial charge is 0.396 e. The van der Waals surface area contributed by atoms with Crippen molar-refractivity contribution in [2.24, 2.45) is 5.41 Å². The zero-order valence-corrected chi connectivity index (χ0v) is 10.4. The van der Waals surface area contributed by atoms with Crippen molar-refractivity contribution in [1.82, 2.24) is 0 Å². The van der Waals surface area contributed by atoms with E-state index in [1.807, 2.05) is 13.8 Å². The zero-order chi connectivity index (χ0) is 13.1. The number of hydrogen-bond donors (Lipinski definition) is 2. The summed E-state index contributed by atoms with van der Waals surface area (Å²) in [6, 6.07) is 4.16. The van der Waals surface area contributed by atoms with Gasteiger partial charge in [0.05, 0.1) is 0 Å². The molecule has 0 bridgehead atoms. The molecule has 0 spiro atoms. The molecular formula is C13H18FNO2. The average molecular weight is 239 g/mol. The molecule has 0 radical (unpaired) electrons. The minimum absolute atomic E-state index is 0.0366. The SMILES string of the molecule is CC(=O)c1cc(F)cc(NCC(C)(C)CO)c1. The molecule has 0 aromatic heterocycles. The first-order chi connectivity index (χ1) is 7.84. The predicted molar refractivity (Wildman–Crippen MR) is 65.8 cm³/mol. The molecule has 0 aliphatic rings. The number of aliphatic hydroxyl groups is 1. The Morgan fingerprint density at radius 3 is 2.59 bits per heavy atom. The fourth-order valence-electron chi connectivity index (χ4n) is 1.29. The van der Waals surface area contributed by atoms with Crippen molar-refractivity contribution in [2.45, 2.75) is 20.8 Å². The first-order valence-electron chi connectivity index (χ1n) is 5.50. The first-order valence-corrected chi connectivity index (χ1v) is 5.50. The molecule has 0 heterocycles. The molecular weight excluding hydrogens is 221 g/mol. The summed E-state index contributed by atoms with van der Waals surface area (Å²) < 4.78 is 13.2. The second-order valence-electron chi connectivity index (χ2n) is 4.96. The molecule has 0 atom stereocenters. The molecule has 4 heteroatoms. The number of ketones is 1. The summed E-state index contributed by atoms with van der Waals surface area (Å²) in [6.45, 7) is 5.73. The van der Waals surface area contributed by atoms with E-state index < -0.39 is 5.82 Å². The van der Waals surface area contributed by atoms with Crippen LogP contribution in [0.15, 0.2) is 18.2 Å². The van der Waals surface area contributed by atoms with Crippen LogP contribution in [0, 0.1) is 11.2 Å². The Kier molecular flexibility index (Phi) is 4.23. The summed E-state index contributed by atoms with van der Waals surface area (Å²) in [5.74, 6) is -0.615. The van der Waals surface area contributed by atoms with E-state index in [1.165, 1.54) is 19.1 Å². The van der Waals surface area contributed by atoms with Crippen LogP contribution >= 0.6 is 0 Å². The number of halogens is 1. The summed E-state index contributed by atoms with van der Waals surface area (Å²) in [5, 5.41) is 12.1. The lowest BCUT2D eigenvalue weighted by molar-refractivity contribution is 0.101. The van der Waals surface area contributed by atoms with Crippen molar-refractivity contribution >= 4 is 11.5 Å². The Morgan fingerprint density at radius 2 is 2.06 bits per heavy atom. The number of carbonyl (C=O) groups is 1. The Balaban J connectivity index is 2.81. The van der Waals surface area contributed by atoms with Crippen molar-refractivity contribution in [3.63, 3.8) is 0 Å². The first kappa shape index (κ1) is 13.6. The van der Waals surface area contributed by atoms with Gasteiger partial charge in [-0.2, -0.15) is 0 Å². The van der Waals surface area contributed by atoms with Gasteiger partial charge in [0.1, 0.15) is 5.82 Å². The van der Waals surface area contributed by atoms with Crippen LogP contribution in [0.2, 0.25) is 0 Å². The Labute approximate surface area is 101 Å². The minimum Gasteiger partial charge on any atom is -0.396 e. The van der Waals surface area contributed by atoms with E-state index in [4.69, 9.17) is 5.11 Å². The third kappa shape index (κ3) is 4.15. The highest BCUT2D eigenvalue weighted by atomic mass is 19.1. The van der Waals surface area contributed by atoms with E-state index in [0.717, 1.165) is 0 Å². The fraction of sp³-hybridized carbons (Fsp3) is 0.462. The molecule has 0 aliphatic heterocycles. The predicted octanol–water partition coefficient (Wildman–Crippen LogP) is 2.46. The number of rotatable bonds is 5. The Morgan fingerprint density at radius 1 is 1.41 bits per heavy atom. The van der Waals surface area contributed by atoms with Crippen LogP contribution in [0.4, 0.5) is 10.1 Å². The van der Waals surface area contributed by atoms with Gasteiger partial charge in [0.2, 0.25) is 0 Å². The van der Waals surface area contributed by atoms with Crippen LogP contribution < -0.4 is 5.32 Å². The lowest BCUT2D eigenvalue weighted by atomic mass is 9.95. The summed E-state index contributed by atoms with van der Waals surface area (Å²) in [5.41, 5.74) is 0.605. The summed E-state index contributed by atoms with van der Waals surface area (Å²) in [6.07, 6.45) is 0. The van der Waals surface area contributed by atoms with Gasteiger partial charge in [0, 0.05) is 29.8 Å². The smallest absolute Gasteiger partial charge is 0.159 e. The monoisotopic (exact) mass is 239 g/mol. The third-order valence-corrected chi connectivity index (χ3v) is 2.50. The normalized spacial score (nSPS) is 11.4. The Bertz CT molecular complexity index is 416. The standard InChI is InChI=1S/C13H18FNO2/c1-9(17)10-4-11(14)6-12(5-10)15-7-13(2,3)8-16/h4-6,15-16H,7-8H2,1-3H3. The van der Waals surface area contributed by atoms with Crippen molar-refractivity contribution in [1.29, 1.82) is 0 Å². The van der Waals surface area contributed by atoms with Gasteiger partial charge < -0.3 is 10.4 Å². The number of carbonyl (C=O) groups excluding carboxylic acids is 1. The van der Waals surface area contributed by atoms with Crippen molar-refractivity contribution < 1.29 is 14.3 Å². The molecule has 94 valence electrons. The van der Waals surface area contributed by atoms with Crippen LogP contribution in [0.1, 0.15) is 31.1 Å². The second-order valence-corrected chi connectivity index (χ2v) is 4.96. The lowest BCUT2D eigenvalue weighted by Gasteiger charge is -2.22. The van der Waals surface area contributed by atoms with Crippen LogP contribution in [0.5, 0.6) is 0 Å². The molecule has 0 saturated carbocycles. The van der Waals surface area contributed by atoms with Crippen LogP contribution in [-0.4, -0.2) is 24.0 Å². The van der Waals surface area contributed by atoms with Crippen LogP contribution in [-0.2, 0) is 0 Å². The van der Waals surface area contributed by atoms with E-state index in [0.29, 0.717) is 17.8 Å². The molecule has 0 fully saturated rings. The van der Waals surface area contributed by atoms with Gasteiger partial charge in [-0.25, -0.2) is 4.39 Å². The van der Waals surface area contributed by atoms with Crippen LogP contribution in [0.3, 0.4) is 0 Å². The van der Waals surface area contributed by atoms with Gasteiger partial charge in [-0.05, 0) is 25.1 Å². The van der Waals surface area contributed by atoms with Gasteiger partial charge in [-0.1, -0.05) is 13.8 Å². The molecule has 0 aliphatic carbocycles. The maximum atomic E-state index is 13.2. The maximum absolute atomic E-state index is 13.2. The number of nitrogens with one attached hydrogen (secondary N) is 1. The van der Waals surface area contributed by atoms with E-state index in [-0.39, 0.29) is 17.8 Å². The Hall–Kier alpha value is -1.42. The van der Waals surface area contributed by atoms with Crippen molar-refractivity contribution in [3.05, 3.63) is 29.6 Å². The molecule has 1 rings (SSSR count). The quantitative estimate of drug-likeness (QED) is 0.776. The van der Waals surface area contributed by atoms with Gasteiger partial charge in [0.25, 0.3) is 0 Å². The molecule has 3 nitrogen and oxygen atoms in total. The summed E-state index contributed by atoms with van der Waals surface area (Å²) in [4.78, 5) is 11.2. The minimum atomic E-state index is -0.443. The highest BCUT2D eigenvalue weighted by Crippen LogP contribution is 2.18. The molecule has 2 N–H and O–H groups in total. The number of hydrogen-bond acceptors (Lipinski definition) is 3. The van der Waals surface area contributed by atoms with Crippen molar-refractivity contribution in [3.8, 4) is 0 Å². The van der Waals surface area contributed by atoms with E-state index in [1.54, 1.807) is 6.07 Å². The molecule has 0 unspecified atom stereocenters. The fourth-order valence-corrected chi connectivity index (χ4v) is 1.29. The maximum Gasteiger partial charge on any atom is 0.159 e. The number of benzene rings is 1. The molecule has 0 amide bonds. The van der Waals surface area contributed by atoms with E-state index in [2.05, 4.69) is 5.32 Å². The van der Waals surface area contributed by atoms with Crippen LogP contribution in [0.25, 0.3) is 0 Å². The topological polar surface area (TPSA) is 49.3 Å². The van der Waals surface area contributed by atoms with Gasteiger partial charge in [-0.15, -0.1) is 0 Å². The number of anilines is 1.